The molecule has 1 aromatic carbocycles. The number of hydrogen-bond acceptors (Lipinski definition) is 4. The largest absolute Gasteiger partial charge is 0.508 e. The van der Waals surface area contributed by atoms with Gasteiger partial charge in [0.1, 0.15) is 5.75 Å². The van der Waals surface area contributed by atoms with Gasteiger partial charge in [0.25, 0.3) is 0 Å². The Bertz CT molecular complexity index is 546. The molecule has 0 saturated carbocycles. The number of methoxy groups -OCH3 is 1. The van der Waals surface area contributed by atoms with E-state index in [0.717, 1.165) is 15.7 Å². The number of rotatable bonds is 4. The molecule has 0 aliphatic rings. The van der Waals surface area contributed by atoms with Gasteiger partial charge in [-0.2, -0.15) is 0 Å². The molecule has 0 atom stereocenters. The van der Waals surface area contributed by atoms with Crippen LogP contribution in [0.5, 0.6) is 11.6 Å². The van der Waals surface area contributed by atoms with Crippen molar-refractivity contribution >= 4 is 21.6 Å². The summed E-state index contributed by atoms with van der Waals surface area (Å²) in [6.45, 7) is 0.493. The van der Waals surface area contributed by atoms with Crippen LogP contribution in [-0.2, 0) is 6.54 Å². The number of aromatic nitrogens is 1. The van der Waals surface area contributed by atoms with Crippen molar-refractivity contribution in [1.29, 1.82) is 0 Å². The van der Waals surface area contributed by atoms with Gasteiger partial charge in [0, 0.05) is 22.8 Å². The van der Waals surface area contributed by atoms with E-state index >= 15 is 0 Å². The third-order valence-corrected chi connectivity index (χ3v) is 2.97. The van der Waals surface area contributed by atoms with Gasteiger partial charge in [0.15, 0.2) is 0 Å². The molecule has 1 heterocycles. The molecule has 0 saturated heterocycles. The Hall–Kier alpha value is -1.75. The van der Waals surface area contributed by atoms with Gasteiger partial charge in [-0.1, -0.05) is 15.9 Å². The molecule has 0 fully saturated rings. The van der Waals surface area contributed by atoms with E-state index in [1.54, 1.807) is 25.4 Å². The Balaban J connectivity index is 2.14. The fourth-order valence-electron chi connectivity index (χ4n) is 1.57. The van der Waals surface area contributed by atoms with Crippen LogP contribution >= 0.6 is 15.9 Å². The second kappa shape index (κ2) is 5.73. The number of phenols is 1. The molecule has 0 aliphatic heterocycles. The Kier molecular flexibility index (Phi) is 4.04. The van der Waals surface area contributed by atoms with Crippen molar-refractivity contribution in [3.8, 4) is 11.6 Å². The van der Waals surface area contributed by atoms with Crippen LogP contribution < -0.4 is 10.1 Å². The molecule has 0 unspecified atom stereocenters. The SMILES string of the molecule is COc1ncccc1NCc1cc(Br)ccc1O. The molecule has 2 rings (SSSR count). The van der Waals surface area contributed by atoms with Crippen LogP contribution in [0.1, 0.15) is 5.56 Å². The summed E-state index contributed by atoms with van der Waals surface area (Å²) in [7, 11) is 1.57. The topological polar surface area (TPSA) is 54.4 Å². The number of nitrogens with one attached hydrogen (secondary N) is 1. The van der Waals surface area contributed by atoms with Gasteiger partial charge in [-0.15, -0.1) is 0 Å². The van der Waals surface area contributed by atoms with Crippen molar-refractivity contribution in [2.24, 2.45) is 0 Å². The van der Waals surface area contributed by atoms with Crippen LogP contribution in [-0.4, -0.2) is 17.2 Å². The van der Waals surface area contributed by atoms with Crippen LogP contribution in [0.3, 0.4) is 0 Å². The first kappa shape index (κ1) is 12.7. The number of aromatic hydroxyl groups is 1. The van der Waals surface area contributed by atoms with Gasteiger partial charge in [-0.3, -0.25) is 0 Å². The van der Waals surface area contributed by atoms with E-state index in [1.165, 1.54) is 0 Å². The maximum Gasteiger partial charge on any atom is 0.237 e. The van der Waals surface area contributed by atoms with Crippen molar-refractivity contribution < 1.29 is 9.84 Å². The molecule has 94 valence electrons. The molecule has 0 aliphatic carbocycles. The average molecular weight is 309 g/mol. The van der Waals surface area contributed by atoms with Crippen molar-refractivity contribution in [1.82, 2.24) is 4.98 Å². The van der Waals surface area contributed by atoms with Gasteiger partial charge >= 0.3 is 0 Å². The highest BCUT2D eigenvalue weighted by atomic mass is 79.9. The summed E-state index contributed by atoms with van der Waals surface area (Å²) in [6, 6.07) is 9.02. The van der Waals surface area contributed by atoms with Crippen LogP contribution in [0.4, 0.5) is 5.69 Å². The number of anilines is 1. The van der Waals surface area contributed by atoms with Crippen molar-refractivity contribution in [3.63, 3.8) is 0 Å². The zero-order valence-electron chi connectivity index (χ0n) is 9.85. The first-order valence-corrected chi connectivity index (χ1v) is 6.20. The molecular weight excluding hydrogens is 296 g/mol. The highest BCUT2D eigenvalue weighted by Crippen LogP contribution is 2.25. The van der Waals surface area contributed by atoms with E-state index in [4.69, 9.17) is 4.74 Å². The number of benzene rings is 1. The number of pyridine rings is 1. The predicted molar refractivity (Wildman–Crippen MR) is 73.9 cm³/mol. The molecule has 0 amide bonds. The zero-order chi connectivity index (χ0) is 13.0. The summed E-state index contributed by atoms with van der Waals surface area (Å²) in [6.07, 6.45) is 1.67. The molecular formula is C13H13BrN2O2. The molecule has 18 heavy (non-hydrogen) atoms. The quantitative estimate of drug-likeness (QED) is 0.911. The molecule has 0 bridgehead atoms. The fraction of sp³-hybridized carbons (Fsp3) is 0.154. The zero-order valence-corrected chi connectivity index (χ0v) is 11.4. The Morgan fingerprint density at radius 3 is 3.00 bits per heavy atom. The summed E-state index contributed by atoms with van der Waals surface area (Å²) in [4.78, 5) is 4.09. The van der Waals surface area contributed by atoms with E-state index < -0.39 is 0 Å². The molecule has 0 radical (unpaired) electrons. The lowest BCUT2D eigenvalue weighted by Crippen LogP contribution is -2.02. The van der Waals surface area contributed by atoms with Crippen LogP contribution in [0.15, 0.2) is 41.0 Å². The minimum atomic E-state index is 0.258. The standard InChI is InChI=1S/C13H13BrN2O2/c1-18-13-11(3-2-6-15-13)16-8-9-7-10(14)4-5-12(9)17/h2-7,16-17H,8H2,1H3. The van der Waals surface area contributed by atoms with Gasteiger partial charge in [-0.05, 0) is 30.3 Å². The lowest BCUT2D eigenvalue weighted by Gasteiger charge is -2.11. The third kappa shape index (κ3) is 2.92. The van der Waals surface area contributed by atoms with Crippen molar-refractivity contribution in [2.75, 3.05) is 12.4 Å². The molecule has 2 aromatic rings. The van der Waals surface area contributed by atoms with Gasteiger partial charge in [0.2, 0.25) is 5.88 Å². The van der Waals surface area contributed by atoms with Gasteiger partial charge < -0.3 is 15.2 Å². The van der Waals surface area contributed by atoms with Gasteiger partial charge in [0.05, 0.1) is 12.8 Å². The highest BCUT2D eigenvalue weighted by Gasteiger charge is 2.05. The summed E-state index contributed by atoms with van der Waals surface area (Å²) < 4.78 is 6.07. The molecule has 1 aromatic heterocycles. The van der Waals surface area contributed by atoms with E-state index in [0.29, 0.717) is 12.4 Å². The summed E-state index contributed by atoms with van der Waals surface area (Å²) >= 11 is 3.37. The number of hydrogen-bond donors (Lipinski definition) is 2. The fourth-order valence-corrected chi connectivity index (χ4v) is 1.98. The van der Waals surface area contributed by atoms with E-state index in [1.807, 2.05) is 18.2 Å². The first-order valence-electron chi connectivity index (χ1n) is 5.41. The van der Waals surface area contributed by atoms with E-state index in [-0.39, 0.29) is 5.75 Å². The minimum absolute atomic E-state index is 0.258. The number of ether oxygens (including phenoxy) is 1. The Labute approximate surface area is 114 Å². The third-order valence-electron chi connectivity index (χ3n) is 2.48. The average Bonchev–Trinajstić information content (AvgIpc) is 2.40. The van der Waals surface area contributed by atoms with Gasteiger partial charge in [-0.25, -0.2) is 4.98 Å². The second-order valence-electron chi connectivity index (χ2n) is 3.69. The number of phenolic OH excluding ortho intramolecular Hbond substituents is 1. The smallest absolute Gasteiger partial charge is 0.237 e. The maximum absolute atomic E-state index is 9.73. The molecule has 4 nitrogen and oxygen atoms in total. The maximum atomic E-state index is 9.73. The van der Waals surface area contributed by atoms with E-state index in [2.05, 4.69) is 26.2 Å². The monoisotopic (exact) mass is 308 g/mol. The van der Waals surface area contributed by atoms with Crippen LogP contribution in [0.25, 0.3) is 0 Å². The molecule has 2 N–H and O–H groups in total. The van der Waals surface area contributed by atoms with Crippen LogP contribution in [0, 0.1) is 0 Å². The lowest BCUT2D eigenvalue weighted by atomic mass is 10.2. The van der Waals surface area contributed by atoms with Crippen molar-refractivity contribution in [3.05, 3.63) is 46.6 Å². The van der Waals surface area contributed by atoms with E-state index in [9.17, 15) is 5.11 Å². The second-order valence-corrected chi connectivity index (χ2v) is 4.60. The lowest BCUT2D eigenvalue weighted by molar-refractivity contribution is 0.399. The summed E-state index contributed by atoms with van der Waals surface area (Å²) in [5.41, 5.74) is 1.59. The normalized spacial score (nSPS) is 10.1. The minimum Gasteiger partial charge on any atom is -0.508 e. The van der Waals surface area contributed by atoms with Crippen LogP contribution in [0.2, 0.25) is 0 Å². The Morgan fingerprint density at radius 2 is 2.22 bits per heavy atom. The number of nitrogens with zero attached hydrogens (tertiary/aromatic N) is 1. The summed E-state index contributed by atoms with van der Waals surface area (Å²) in [5.74, 6) is 0.792. The predicted octanol–water partition coefficient (Wildman–Crippen LogP) is 3.17. The number of halogens is 1. The molecule has 5 heteroatoms. The Morgan fingerprint density at radius 1 is 1.39 bits per heavy atom. The first-order chi connectivity index (χ1) is 8.70. The highest BCUT2D eigenvalue weighted by molar-refractivity contribution is 9.10. The summed E-state index contributed by atoms with van der Waals surface area (Å²) in [5, 5.41) is 12.9. The van der Waals surface area contributed by atoms with Crippen molar-refractivity contribution in [2.45, 2.75) is 6.54 Å². The molecule has 0 spiro atoms.